The fourth-order valence-corrected chi connectivity index (χ4v) is 3.71. The van der Waals surface area contributed by atoms with Crippen molar-refractivity contribution in [2.75, 3.05) is 26.2 Å². The third kappa shape index (κ3) is 3.90. The van der Waals surface area contributed by atoms with E-state index in [1.807, 2.05) is 23.1 Å². The van der Waals surface area contributed by atoms with E-state index in [0.717, 1.165) is 49.5 Å². The first-order valence-electron chi connectivity index (χ1n) is 8.94. The largest absolute Gasteiger partial charge is 0.492 e. The zero-order valence-electron chi connectivity index (χ0n) is 14.7. The highest BCUT2D eigenvalue weighted by molar-refractivity contribution is 5.77. The van der Waals surface area contributed by atoms with Gasteiger partial charge in [0.25, 0.3) is 0 Å². The van der Waals surface area contributed by atoms with E-state index in [4.69, 9.17) is 4.74 Å². The van der Waals surface area contributed by atoms with Gasteiger partial charge in [0.2, 0.25) is 5.91 Å². The lowest BCUT2D eigenvalue weighted by molar-refractivity contribution is -0.137. The average Bonchev–Trinajstić information content (AvgIpc) is 2.77. The molecule has 3 rings (SSSR count). The fraction of sp³-hybridized carbons (Fsp3) is 0.632. The first kappa shape index (κ1) is 17.2. The van der Waals surface area contributed by atoms with Crippen molar-refractivity contribution >= 4 is 5.91 Å². The molecule has 2 aliphatic rings. The number of aliphatic hydroxyl groups excluding tert-OH is 1. The Kier molecular flexibility index (Phi) is 5.41. The normalized spacial score (nSPS) is 22.2. The minimum Gasteiger partial charge on any atom is -0.492 e. The monoisotopic (exact) mass is 332 g/mol. The molecular formula is C19H28N2O3. The van der Waals surface area contributed by atoms with E-state index in [-0.39, 0.29) is 12.6 Å². The molecule has 1 atom stereocenters. The molecule has 1 fully saturated rings. The van der Waals surface area contributed by atoms with Gasteiger partial charge < -0.3 is 14.7 Å². The van der Waals surface area contributed by atoms with E-state index in [9.17, 15) is 9.90 Å². The lowest BCUT2D eigenvalue weighted by Gasteiger charge is -2.37. The van der Waals surface area contributed by atoms with E-state index < -0.39 is 0 Å². The third-order valence-corrected chi connectivity index (χ3v) is 5.05. The molecule has 1 N–H and O–H groups in total. The zero-order valence-corrected chi connectivity index (χ0v) is 14.7. The topological polar surface area (TPSA) is 53.0 Å². The summed E-state index contributed by atoms with van der Waals surface area (Å²) in [7, 11) is 0. The third-order valence-electron chi connectivity index (χ3n) is 5.05. The van der Waals surface area contributed by atoms with E-state index in [0.29, 0.717) is 24.9 Å². The Labute approximate surface area is 144 Å². The molecule has 0 aliphatic carbocycles. The highest BCUT2D eigenvalue weighted by atomic mass is 16.5. The summed E-state index contributed by atoms with van der Waals surface area (Å²) in [5, 5.41) is 9.35. The van der Waals surface area contributed by atoms with Crippen LogP contribution in [0.4, 0.5) is 0 Å². The molecule has 132 valence electrons. The van der Waals surface area contributed by atoms with Gasteiger partial charge in [0.05, 0.1) is 6.61 Å². The van der Waals surface area contributed by atoms with Gasteiger partial charge >= 0.3 is 0 Å². The van der Waals surface area contributed by atoms with Crippen molar-refractivity contribution in [3.05, 3.63) is 29.3 Å². The van der Waals surface area contributed by atoms with Crippen molar-refractivity contribution in [1.29, 1.82) is 0 Å². The summed E-state index contributed by atoms with van der Waals surface area (Å²) >= 11 is 0. The number of likely N-dealkylation sites (tertiary alicyclic amines) is 1. The predicted octanol–water partition coefficient (Wildman–Crippen LogP) is 2.02. The number of amides is 1. The average molecular weight is 332 g/mol. The summed E-state index contributed by atoms with van der Waals surface area (Å²) in [6.45, 7) is 8.51. The number of fused-ring (bicyclic) bond motifs is 1. The van der Waals surface area contributed by atoms with Gasteiger partial charge in [-0.3, -0.25) is 9.69 Å². The summed E-state index contributed by atoms with van der Waals surface area (Å²) < 4.78 is 5.86. The Morgan fingerprint density at radius 1 is 1.38 bits per heavy atom. The van der Waals surface area contributed by atoms with E-state index in [1.54, 1.807) is 0 Å². The lowest BCUT2D eigenvalue weighted by Crippen LogP contribution is -2.47. The van der Waals surface area contributed by atoms with Crippen LogP contribution in [0.25, 0.3) is 0 Å². The lowest BCUT2D eigenvalue weighted by atomic mass is 9.95. The Bertz CT molecular complexity index is 588. The van der Waals surface area contributed by atoms with Gasteiger partial charge in [-0.15, -0.1) is 0 Å². The minimum absolute atomic E-state index is 0.0569. The van der Waals surface area contributed by atoms with Gasteiger partial charge in [-0.25, -0.2) is 0 Å². The van der Waals surface area contributed by atoms with Crippen LogP contribution in [0.1, 0.15) is 37.8 Å². The second kappa shape index (κ2) is 7.53. The number of hydrogen-bond acceptors (Lipinski definition) is 4. The molecule has 0 saturated carbocycles. The number of carbonyl (C=O) groups excluding carboxylic acids is 1. The Morgan fingerprint density at radius 2 is 2.21 bits per heavy atom. The minimum atomic E-state index is 0.0569. The Balaban J connectivity index is 1.66. The van der Waals surface area contributed by atoms with Crippen LogP contribution < -0.4 is 4.74 Å². The summed E-state index contributed by atoms with van der Waals surface area (Å²) in [5.41, 5.74) is 2.07. The molecule has 5 nitrogen and oxygen atoms in total. The molecule has 5 heteroatoms. The molecule has 1 unspecified atom stereocenters. The summed E-state index contributed by atoms with van der Waals surface area (Å²) in [6.07, 6.45) is 1.64. The maximum atomic E-state index is 12.0. The molecule has 0 radical (unpaired) electrons. The number of carbonyl (C=O) groups is 1. The van der Waals surface area contributed by atoms with E-state index in [1.165, 1.54) is 0 Å². The zero-order chi connectivity index (χ0) is 17.1. The van der Waals surface area contributed by atoms with Crippen molar-refractivity contribution in [3.63, 3.8) is 0 Å². The van der Waals surface area contributed by atoms with Crippen molar-refractivity contribution in [3.8, 4) is 5.75 Å². The van der Waals surface area contributed by atoms with E-state index >= 15 is 0 Å². The SMILES string of the molecule is CC(C)N1CC(CN2CCOc3ccc(CO)cc3C2)CCC1=O. The van der Waals surface area contributed by atoms with Gasteiger partial charge in [-0.05, 0) is 43.9 Å². The van der Waals surface area contributed by atoms with Crippen LogP contribution in [-0.2, 0) is 17.9 Å². The molecule has 0 bridgehead atoms. The molecular weight excluding hydrogens is 304 g/mol. The number of piperidine rings is 1. The predicted molar refractivity (Wildman–Crippen MR) is 92.7 cm³/mol. The van der Waals surface area contributed by atoms with Crippen LogP contribution in [0.2, 0.25) is 0 Å². The maximum absolute atomic E-state index is 12.0. The molecule has 24 heavy (non-hydrogen) atoms. The maximum Gasteiger partial charge on any atom is 0.222 e. The van der Waals surface area contributed by atoms with Gasteiger partial charge in [0.1, 0.15) is 12.4 Å². The van der Waals surface area contributed by atoms with Gasteiger partial charge in [-0.1, -0.05) is 6.07 Å². The van der Waals surface area contributed by atoms with Crippen LogP contribution in [0.15, 0.2) is 18.2 Å². The number of aliphatic hydroxyl groups is 1. The van der Waals surface area contributed by atoms with Crippen LogP contribution in [0.3, 0.4) is 0 Å². The van der Waals surface area contributed by atoms with Gasteiger partial charge in [-0.2, -0.15) is 0 Å². The fourth-order valence-electron chi connectivity index (χ4n) is 3.71. The summed E-state index contributed by atoms with van der Waals surface area (Å²) in [4.78, 5) is 16.5. The Hall–Kier alpha value is -1.59. The molecule has 2 heterocycles. The van der Waals surface area contributed by atoms with Crippen LogP contribution in [0, 0.1) is 5.92 Å². The molecule has 0 spiro atoms. The number of nitrogens with zero attached hydrogens (tertiary/aromatic N) is 2. The highest BCUT2D eigenvalue weighted by Crippen LogP contribution is 2.26. The Morgan fingerprint density at radius 3 is 2.96 bits per heavy atom. The molecule has 1 amide bonds. The second-order valence-electron chi connectivity index (χ2n) is 7.23. The quantitative estimate of drug-likeness (QED) is 0.916. The molecule has 1 aromatic rings. The smallest absolute Gasteiger partial charge is 0.222 e. The van der Waals surface area contributed by atoms with Gasteiger partial charge in [0.15, 0.2) is 0 Å². The molecule has 1 saturated heterocycles. The molecule has 1 aromatic carbocycles. The van der Waals surface area contributed by atoms with Gasteiger partial charge in [0, 0.05) is 44.2 Å². The van der Waals surface area contributed by atoms with Crippen molar-refractivity contribution in [2.24, 2.45) is 5.92 Å². The molecule has 0 aromatic heterocycles. The molecule has 2 aliphatic heterocycles. The standard InChI is InChI=1S/C19H28N2O3/c1-14(2)21-11-16(4-6-19(21)23)10-20-7-8-24-18-5-3-15(13-22)9-17(18)12-20/h3,5,9,14,16,22H,4,6-8,10-13H2,1-2H3. The first-order valence-corrected chi connectivity index (χ1v) is 8.94. The van der Waals surface area contributed by atoms with Crippen LogP contribution >= 0.6 is 0 Å². The van der Waals surface area contributed by atoms with E-state index in [2.05, 4.69) is 18.7 Å². The number of hydrogen-bond donors (Lipinski definition) is 1. The number of rotatable bonds is 4. The van der Waals surface area contributed by atoms with Crippen molar-refractivity contribution in [1.82, 2.24) is 9.80 Å². The van der Waals surface area contributed by atoms with Crippen molar-refractivity contribution in [2.45, 2.75) is 45.9 Å². The number of ether oxygens (including phenoxy) is 1. The van der Waals surface area contributed by atoms with Crippen LogP contribution in [-0.4, -0.2) is 53.1 Å². The van der Waals surface area contributed by atoms with Crippen LogP contribution in [0.5, 0.6) is 5.75 Å². The second-order valence-corrected chi connectivity index (χ2v) is 7.23. The summed E-state index contributed by atoms with van der Waals surface area (Å²) in [5.74, 6) is 1.74. The first-order chi connectivity index (χ1) is 11.6. The van der Waals surface area contributed by atoms with Crippen molar-refractivity contribution < 1.29 is 14.6 Å². The highest BCUT2D eigenvalue weighted by Gasteiger charge is 2.29. The number of benzene rings is 1. The summed E-state index contributed by atoms with van der Waals surface area (Å²) in [6, 6.07) is 6.20.